The van der Waals surface area contributed by atoms with E-state index >= 15 is 0 Å². The fourth-order valence-electron chi connectivity index (χ4n) is 4.10. The number of rotatable bonds is 3. The third-order valence-corrected chi connectivity index (χ3v) is 4.74. The van der Waals surface area contributed by atoms with Gasteiger partial charge in [-0.2, -0.15) is 0 Å². The van der Waals surface area contributed by atoms with Crippen LogP contribution < -0.4 is 5.73 Å². The van der Waals surface area contributed by atoms with Crippen LogP contribution in [0.1, 0.15) is 59.8 Å². The predicted molar refractivity (Wildman–Crippen MR) is 80.2 cm³/mol. The van der Waals surface area contributed by atoms with Crippen LogP contribution in [0.4, 0.5) is 0 Å². The summed E-state index contributed by atoms with van der Waals surface area (Å²) < 4.78 is 6.02. The maximum Gasteiger partial charge on any atom is 0.0757 e. The number of hydrogen-bond acceptors (Lipinski definition) is 3. The summed E-state index contributed by atoms with van der Waals surface area (Å²) in [5, 5.41) is 0. The summed E-state index contributed by atoms with van der Waals surface area (Å²) in [6, 6.07) is 0.921. The maximum atomic E-state index is 6.42. The van der Waals surface area contributed by atoms with E-state index in [1.54, 1.807) is 0 Å². The van der Waals surface area contributed by atoms with E-state index < -0.39 is 0 Å². The lowest BCUT2D eigenvalue weighted by atomic mass is 9.79. The molecule has 0 spiro atoms. The molecule has 2 aliphatic rings. The van der Waals surface area contributed by atoms with Gasteiger partial charge in [0.25, 0.3) is 0 Å². The second-order valence-electron chi connectivity index (χ2n) is 7.32. The minimum absolute atomic E-state index is 0.0327. The highest BCUT2D eigenvalue weighted by Gasteiger charge is 2.39. The normalized spacial score (nSPS) is 40.3. The van der Waals surface area contributed by atoms with Gasteiger partial charge in [0, 0.05) is 25.2 Å². The standard InChI is InChI=1S/C16H32N2O/c1-5-6-13-7-8-14(17)15(9-13)18-10-12(2)19-16(3,4)11-18/h12-15H,5-11,17H2,1-4H3. The van der Waals surface area contributed by atoms with Crippen LogP contribution in [0, 0.1) is 5.92 Å². The van der Waals surface area contributed by atoms with Crippen molar-refractivity contribution in [3.63, 3.8) is 0 Å². The Bertz CT molecular complexity index is 292. The van der Waals surface area contributed by atoms with Crippen LogP contribution in [0.15, 0.2) is 0 Å². The lowest BCUT2D eigenvalue weighted by Crippen LogP contribution is -2.60. The molecule has 0 bridgehead atoms. The third-order valence-electron chi connectivity index (χ3n) is 4.74. The van der Waals surface area contributed by atoms with Crippen LogP contribution in [0.5, 0.6) is 0 Å². The van der Waals surface area contributed by atoms with Crippen molar-refractivity contribution in [1.82, 2.24) is 4.90 Å². The van der Waals surface area contributed by atoms with E-state index in [2.05, 4.69) is 32.6 Å². The minimum Gasteiger partial charge on any atom is -0.370 e. The molecule has 3 nitrogen and oxygen atoms in total. The largest absolute Gasteiger partial charge is 0.370 e. The predicted octanol–water partition coefficient (Wildman–Crippen LogP) is 2.78. The summed E-state index contributed by atoms with van der Waals surface area (Å²) in [5.74, 6) is 0.885. The molecule has 2 N–H and O–H groups in total. The smallest absolute Gasteiger partial charge is 0.0757 e. The molecule has 1 saturated heterocycles. The molecule has 1 aliphatic heterocycles. The Balaban J connectivity index is 2.01. The summed E-state index contributed by atoms with van der Waals surface area (Å²) in [4.78, 5) is 2.61. The second kappa shape index (κ2) is 6.11. The molecule has 1 heterocycles. The van der Waals surface area contributed by atoms with E-state index in [1.807, 2.05) is 0 Å². The number of nitrogens with two attached hydrogens (primary N) is 1. The van der Waals surface area contributed by atoms with Gasteiger partial charge in [0.2, 0.25) is 0 Å². The Morgan fingerprint density at radius 2 is 2.05 bits per heavy atom. The van der Waals surface area contributed by atoms with Crippen molar-refractivity contribution in [3.05, 3.63) is 0 Å². The molecule has 1 saturated carbocycles. The first-order valence-corrected chi connectivity index (χ1v) is 8.08. The highest BCUT2D eigenvalue weighted by atomic mass is 16.5. The van der Waals surface area contributed by atoms with E-state index in [0.717, 1.165) is 19.0 Å². The molecule has 19 heavy (non-hydrogen) atoms. The zero-order valence-corrected chi connectivity index (χ0v) is 13.2. The van der Waals surface area contributed by atoms with Crippen molar-refractivity contribution in [2.24, 2.45) is 11.7 Å². The maximum absolute atomic E-state index is 6.42. The van der Waals surface area contributed by atoms with Gasteiger partial charge in [-0.05, 0) is 46.0 Å². The van der Waals surface area contributed by atoms with Crippen LogP contribution in [-0.2, 0) is 4.74 Å². The van der Waals surface area contributed by atoms with Crippen molar-refractivity contribution in [2.75, 3.05) is 13.1 Å². The van der Waals surface area contributed by atoms with Crippen LogP contribution >= 0.6 is 0 Å². The number of morpholine rings is 1. The molecule has 4 unspecified atom stereocenters. The fourth-order valence-corrected chi connectivity index (χ4v) is 4.10. The Kier molecular flexibility index (Phi) is 4.91. The molecule has 0 aromatic carbocycles. The van der Waals surface area contributed by atoms with Gasteiger partial charge < -0.3 is 10.5 Å². The van der Waals surface area contributed by atoms with Gasteiger partial charge in [-0.1, -0.05) is 19.8 Å². The number of nitrogens with zero attached hydrogens (tertiary/aromatic N) is 1. The molecular formula is C16H32N2O. The van der Waals surface area contributed by atoms with E-state index in [1.165, 1.54) is 32.1 Å². The highest BCUT2D eigenvalue weighted by molar-refractivity contribution is 4.94. The van der Waals surface area contributed by atoms with Gasteiger partial charge in [-0.3, -0.25) is 4.90 Å². The first-order chi connectivity index (χ1) is 8.91. The van der Waals surface area contributed by atoms with Crippen LogP contribution in [0.25, 0.3) is 0 Å². The summed E-state index contributed by atoms with van der Waals surface area (Å²) in [7, 11) is 0. The summed E-state index contributed by atoms with van der Waals surface area (Å²) in [6.07, 6.45) is 6.81. The first-order valence-electron chi connectivity index (χ1n) is 8.08. The highest BCUT2D eigenvalue weighted by Crippen LogP contribution is 2.33. The molecule has 0 radical (unpaired) electrons. The lowest BCUT2D eigenvalue weighted by Gasteiger charge is -2.49. The monoisotopic (exact) mass is 268 g/mol. The molecule has 2 fully saturated rings. The summed E-state index contributed by atoms with van der Waals surface area (Å²) in [6.45, 7) is 10.9. The molecule has 112 valence electrons. The Hall–Kier alpha value is -0.120. The molecule has 0 amide bonds. The van der Waals surface area contributed by atoms with Gasteiger partial charge in [0.1, 0.15) is 0 Å². The number of hydrogen-bond donors (Lipinski definition) is 1. The van der Waals surface area contributed by atoms with Crippen molar-refractivity contribution in [2.45, 2.75) is 83.6 Å². The van der Waals surface area contributed by atoms with Crippen molar-refractivity contribution in [1.29, 1.82) is 0 Å². The van der Waals surface area contributed by atoms with Crippen LogP contribution in [0.3, 0.4) is 0 Å². The zero-order chi connectivity index (χ0) is 14.0. The van der Waals surface area contributed by atoms with E-state index in [9.17, 15) is 0 Å². The molecule has 3 heteroatoms. The van der Waals surface area contributed by atoms with Crippen molar-refractivity contribution >= 4 is 0 Å². The van der Waals surface area contributed by atoms with E-state index in [0.29, 0.717) is 18.2 Å². The number of ether oxygens (including phenoxy) is 1. The Labute approximate surface area is 118 Å². The van der Waals surface area contributed by atoms with Gasteiger partial charge in [0.15, 0.2) is 0 Å². The van der Waals surface area contributed by atoms with Crippen LogP contribution in [0.2, 0.25) is 0 Å². The second-order valence-corrected chi connectivity index (χ2v) is 7.32. The molecule has 0 aromatic rings. The Morgan fingerprint density at radius 1 is 1.32 bits per heavy atom. The third kappa shape index (κ3) is 3.93. The quantitative estimate of drug-likeness (QED) is 0.855. The van der Waals surface area contributed by atoms with Gasteiger partial charge >= 0.3 is 0 Å². The van der Waals surface area contributed by atoms with E-state index in [4.69, 9.17) is 10.5 Å². The summed E-state index contributed by atoms with van der Waals surface area (Å²) >= 11 is 0. The van der Waals surface area contributed by atoms with Crippen molar-refractivity contribution in [3.8, 4) is 0 Å². The average molecular weight is 268 g/mol. The van der Waals surface area contributed by atoms with Gasteiger partial charge in [0.05, 0.1) is 11.7 Å². The average Bonchev–Trinajstić information content (AvgIpc) is 2.29. The SMILES string of the molecule is CCCC1CCC(N)C(N2CC(C)OC(C)(C)C2)C1. The van der Waals surface area contributed by atoms with Gasteiger partial charge in [-0.25, -0.2) is 0 Å². The molecule has 0 aromatic heterocycles. The molecule has 4 atom stereocenters. The molecule has 1 aliphatic carbocycles. The van der Waals surface area contributed by atoms with Crippen molar-refractivity contribution < 1.29 is 4.74 Å². The van der Waals surface area contributed by atoms with Crippen LogP contribution in [-0.4, -0.2) is 41.8 Å². The van der Waals surface area contributed by atoms with E-state index in [-0.39, 0.29) is 5.60 Å². The topological polar surface area (TPSA) is 38.5 Å². The first kappa shape index (κ1) is 15.3. The molecular weight excluding hydrogens is 236 g/mol. The van der Waals surface area contributed by atoms with Gasteiger partial charge in [-0.15, -0.1) is 0 Å². The minimum atomic E-state index is -0.0327. The molecule has 2 rings (SSSR count). The fraction of sp³-hybridized carbons (Fsp3) is 1.00. The zero-order valence-electron chi connectivity index (χ0n) is 13.2. The Morgan fingerprint density at radius 3 is 2.68 bits per heavy atom. The summed E-state index contributed by atoms with van der Waals surface area (Å²) in [5.41, 5.74) is 6.39. The lowest BCUT2D eigenvalue weighted by molar-refractivity contribution is -0.143.